The fourth-order valence-electron chi connectivity index (χ4n) is 1.05. The lowest BCUT2D eigenvalue weighted by molar-refractivity contribution is 1.08. The molecule has 3 N–H and O–H groups in total. The molecule has 0 saturated carbocycles. The first-order valence-corrected chi connectivity index (χ1v) is 3.34. The monoisotopic (exact) mass is 150 g/mol. The average molecular weight is 150 g/mol. The van der Waals surface area contributed by atoms with Crippen molar-refractivity contribution in [3.63, 3.8) is 0 Å². The van der Waals surface area contributed by atoms with Gasteiger partial charge in [-0.1, -0.05) is 18.1 Å². The summed E-state index contributed by atoms with van der Waals surface area (Å²) >= 11 is 0. The topological polar surface area (TPSA) is 41.8 Å². The van der Waals surface area contributed by atoms with Gasteiger partial charge < -0.3 is 10.7 Å². The zero-order valence-electron chi connectivity index (χ0n) is 9.86. The van der Waals surface area contributed by atoms with Gasteiger partial charge >= 0.3 is 0 Å². The molecule has 2 aromatic rings. The summed E-state index contributed by atoms with van der Waals surface area (Å²) in [6.07, 6.45) is 1.62. The van der Waals surface area contributed by atoms with E-state index in [4.69, 9.17) is 11.2 Å². The largest absolute Gasteiger partial charge is 0.361 e. The molecular formula is C9H10N2. The lowest BCUT2D eigenvalue weighted by atomic mass is 10.2. The summed E-state index contributed by atoms with van der Waals surface area (Å²) in [5.41, 5.74) is 6.62. The highest BCUT2D eigenvalue weighted by Gasteiger charge is 1.98. The standard InChI is InChI=1S/C9H10N2/c10-5-7-6-11-9-4-2-1-3-8(7)9/h1-4,6,11H,5,10H2/i1D,2D,3D,4D. The highest BCUT2D eigenvalue weighted by Crippen LogP contribution is 2.16. The summed E-state index contributed by atoms with van der Waals surface area (Å²) in [5, 5.41) is 0.489. The Bertz CT molecular complexity index is 533. The summed E-state index contributed by atoms with van der Waals surface area (Å²) in [5.74, 6) is 0. The number of nitrogens with two attached hydrogens (primary N) is 1. The quantitative estimate of drug-likeness (QED) is 0.637. The van der Waals surface area contributed by atoms with Crippen molar-refractivity contribution in [2.24, 2.45) is 5.73 Å². The van der Waals surface area contributed by atoms with Crippen LogP contribution in [0.5, 0.6) is 0 Å². The minimum atomic E-state index is -0.224. The van der Waals surface area contributed by atoms with Gasteiger partial charge in [-0.3, -0.25) is 0 Å². The maximum atomic E-state index is 7.72. The van der Waals surface area contributed by atoms with E-state index in [0.29, 0.717) is 16.5 Å². The summed E-state index contributed by atoms with van der Waals surface area (Å²) in [6, 6.07) is -0.530. The highest BCUT2D eigenvalue weighted by molar-refractivity contribution is 5.82. The molecule has 2 heteroatoms. The van der Waals surface area contributed by atoms with Crippen LogP contribution in [0.25, 0.3) is 10.9 Å². The normalized spacial score (nSPS) is 15.7. The first-order chi connectivity index (χ1) is 7.07. The molecule has 0 atom stereocenters. The third kappa shape index (κ3) is 0.917. The van der Waals surface area contributed by atoms with E-state index in [9.17, 15) is 0 Å². The van der Waals surface area contributed by atoms with Crippen molar-refractivity contribution in [1.29, 1.82) is 0 Å². The number of aromatic amines is 1. The van der Waals surface area contributed by atoms with Crippen LogP contribution in [-0.2, 0) is 6.54 Å². The molecule has 0 radical (unpaired) electrons. The van der Waals surface area contributed by atoms with E-state index < -0.39 is 0 Å². The lowest BCUT2D eigenvalue weighted by Crippen LogP contribution is -1.93. The molecule has 0 fully saturated rings. The number of hydrogen-bond acceptors (Lipinski definition) is 1. The summed E-state index contributed by atoms with van der Waals surface area (Å²) in [6.45, 7) is 0.252. The van der Waals surface area contributed by atoms with Gasteiger partial charge in [0.15, 0.2) is 0 Å². The Morgan fingerprint density at radius 2 is 2.27 bits per heavy atom. The number of aromatic nitrogens is 1. The lowest BCUT2D eigenvalue weighted by Gasteiger charge is -1.90. The van der Waals surface area contributed by atoms with Crippen molar-refractivity contribution in [2.75, 3.05) is 0 Å². The third-order valence-corrected chi connectivity index (χ3v) is 1.62. The second kappa shape index (κ2) is 2.40. The average Bonchev–Trinajstić information content (AvgIpc) is 2.67. The molecule has 0 aliphatic rings. The van der Waals surface area contributed by atoms with Gasteiger partial charge in [0.25, 0.3) is 0 Å². The van der Waals surface area contributed by atoms with E-state index >= 15 is 0 Å². The van der Waals surface area contributed by atoms with Crippen LogP contribution in [0.15, 0.2) is 30.4 Å². The van der Waals surface area contributed by atoms with Gasteiger partial charge in [-0.25, -0.2) is 0 Å². The number of benzene rings is 1. The van der Waals surface area contributed by atoms with Crippen LogP contribution in [0.3, 0.4) is 0 Å². The molecule has 0 aliphatic carbocycles. The fourth-order valence-corrected chi connectivity index (χ4v) is 1.05. The molecule has 1 heterocycles. The predicted molar refractivity (Wildman–Crippen MR) is 46.2 cm³/mol. The van der Waals surface area contributed by atoms with Gasteiger partial charge in [0.1, 0.15) is 0 Å². The fraction of sp³-hybridized carbons (Fsp3) is 0.111. The minimum absolute atomic E-state index is 0.0345. The van der Waals surface area contributed by atoms with Crippen molar-refractivity contribution in [3.8, 4) is 0 Å². The molecule has 11 heavy (non-hydrogen) atoms. The van der Waals surface area contributed by atoms with Crippen LogP contribution in [0.1, 0.15) is 11.0 Å². The summed E-state index contributed by atoms with van der Waals surface area (Å²) in [7, 11) is 0. The van der Waals surface area contributed by atoms with Gasteiger partial charge in [-0.15, -0.1) is 0 Å². The van der Waals surface area contributed by atoms with E-state index in [2.05, 4.69) is 4.98 Å². The van der Waals surface area contributed by atoms with Crippen LogP contribution in [0.2, 0.25) is 0 Å². The Morgan fingerprint density at radius 3 is 3.09 bits per heavy atom. The second-order valence-electron chi connectivity index (χ2n) is 2.27. The van der Waals surface area contributed by atoms with Gasteiger partial charge in [0.05, 0.1) is 5.48 Å². The second-order valence-corrected chi connectivity index (χ2v) is 2.27. The van der Waals surface area contributed by atoms with Crippen molar-refractivity contribution in [3.05, 3.63) is 35.9 Å². The van der Waals surface area contributed by atoms with Gasteiger partial charge in [-0.05, 0) is 11.6 Å². The first-order valence-electron chi connectivity index (χ1n) is 5.34. The number of nitrogens with one attached hydrogen (secondary N) is 1. The Balaban J connectivity index is 2.97. The molecule has 0 unspecified atom stereocenters. The van der Waals surface area contributed by atoms with E-state index in [1.807, 2.05) is 0 Å². The Labute approximate surface area is 70.6 Å². The molecule has 2 nitrogen and oxygen atoms in total. The van der Waals surface area contributed by atoms with Crippen molar-refractivity contribution < 1.29 is 5.48 Å². The molecule has 2 rings (SSSR count). The van der Waals surface area contributed by atoms with Gasteiger partial charge in [0.2, 0.25) is 0 Å². The smallest absolute Gasteiger partial charge is 0.0645 e. The van der Waals surface area contributed by atoms with Crippen LogP contribution in [-0.4, -0.2) is 4.98 Å². The number of fused-ring (bicyclic) bond motifs is 1. The Hall–Kier alpha value is -1.28. The van der Waals surface area contributed by atoms with Crippen LogP contribution >= 0.6 is 0 Å². The molecule has 56 valence electrons. The SMILES string of the molecule is [2H]c1c([2H])c([2H])c2c(CN)c[nH]c2c1[2H]. The first kappa shape index (κ1) is 3.41. The molecule has 0 bridgehead atoms. The predicted octanol–water partition coefficient (Wildman–Crippen LogP) is 1.63. The van der Waals surface area contributed by atoms with Gasteiger partial charge in [0, 0.05) is 23.6 Å². The van der Waals surface area contributed by atoms with Crippen LogP contribution in [0.4, 0.5) is 0 Å². The van der Waals surface area contributed by atoms with Crippen molar-refractivity contribution in [2.45, 2.75) is 6.54 Å². The van der Waals surface area contributed by atoms with E-state index in [1.165, 1.54) is 0 Å². The van der Waals surface area contributed by atoms with Crippen molar-refractivity contribution >= 4 is 10.9 Å². The summed E-state index contributed by atoms with van der Waals surface area (Å²) < 4.78 is 30.4. The van der Waals surface area contributed by atoms with E-state index in [1.54, 1.807) is 6.20 Å². The molecule has 0 spiro atoms. The van der Waals surface area contributed by atoms with Crippen LogP contribution < -0.4 is 5.73 Å². The number of para-hydroxylation sites is 1. The molecule has 1 aromatic heterocycles. The van der Waals surface area contributed by atoms with E-state index in [0.717, 1.165) is 0 Å². The number of H-pyrrole nitrogens is 1. The maximum absolute atomic E-state index is 7.72. The molecule has 0 aliphatic heterocycles. The van der Waals surface area contributed by atoms with Crippen molar-refractivity contribution in [1.82, 2.24) is 4.98 Å². The molecular weight excluding hydrogens is 136 g/mol. The third-order valence-electron chi connectivity index (χ3n) is 1.62. The van der Waals surface area contributed by atoms with E-state index in [-0.39, 0.29) is 30.7 Å². The number of rotatable bonds is 1. The summed E-state index contributed by atoms with van der Waals surface area (Å²) in [4.78, 5) is 2.83. The molecule has 0 saturated heterocycles. The Morgan fingerprint density at radius 1 is 1.45 bits per heavy atom. The zero-order valence-corrected chi connectivity index (χ0v) is 5.86. The Kier molecular flexibility index (Phi) is 0.744. The van der Waals surface area contributed by atoms with Gasteiger partial charge in [-0.2, -0.15) is 0 Å². The molecule has 0 amide bonds. The molecule has 1 aromatic carbocycles. The minimum Gasteiger partial charge on any atom is -0.361 e. The zero-order chi connectivity index (χ0) is 11.2. The maximum Gasteiger partial charge on any atom is 0.0645 e. The number of hydrogen-bond donors (Lipinski definition) is 2. The van der Waals surface area contributed by atoms with Crippen LogP contribution in [0, 0.1) is 0 Å². The highest BCUT2D eigenvalue weighted by atomic mass is 14.7.